The molecule has 0 nitrogen and oxygen atoms in total. The summed E-state index contributed by atoms with van der Waals surface area (Å²) in [6, 6.07) is 3.53. The van der Waals surface area contributed by atoms with Crippen LogP contribution in [0.5, 0.6) is 0 Å². The van der Waals surface area contributed by atoms with E-state index in [0.29, 0.717) is 10.8 Å². The number of rotatable bonds is 6. The number of hydrogen-bond donors (Lipinski definition) is 0. The Morgan fingerprint density at radius 1 is 1.13 bits per heavy atom. The third kappa shape index (κ3) is 4.85. The summed E-state index contributed by atoms with van der Waals surface area (Å²) in [4.78, 5) is 0.390. The number of halogens is 3. The average Bonchev–Trinajstić information content (AvgIpc) is 2.23. The first kappa shape index (κ1) is 12.8. The maximum atomic E-state index is 13.1. The van der Waals surface area contributed by atoms with E-state index in [9.17, 15) is 8.78 Å². The second-order valence-corrected chi connectivity index (χ2v) is 4.69. The summed E-state index contributed by atoms with van der Waals surface area (Å²) in [5.74, 6) is 0.731. The smallest absolute Gasteiger partial charge is 0.136 e. The van der Waals surface area contributed by atoms with E-state index in [1.165, 1.54) is 17.8 Å². The second-order valence-electron chi connectivity index (χ2n) is 3.17. The summed E-state index contributed by atoms with van der Waals surface area (Å²) >= 11 is 6.88. The van der Waals surface area contributed by atoms with Crippen molar-refractivity contribution in [2.45, 2.75) is 24.2 Å². The van der Waals surface area contributed by atoms with Crippen LogP contribution in [0.1, 0.15) is 19.3 Å². The molecule has 0 bridgehead atoms. The molecule has 0 aromatic heterocycles. The largest absolute Gasteiger partial charge is 0.207 e. The molecule has 0 aliphatic heterocycles. The van der Waals surface area contributed by atoms with E-state index in [2.05, 4.69) is 0 Å². The molecule has 0 saturated heterocycles. The van der Waals surface area contributed by atoms with Crippen molar-refractivity contribution in [2.24, 2.45) is 0 Å². The first-order valence-electron chi connectivity index (χ1n) is 4.88. The van der Waals surface area contributed by atoms with Gasteiger partial charge < -0.3 is 0 Å². The van der Waals surface area contributed by atoms with Crippen molar-refractivity contribution in [1.82, 2.24) is 0 Å². The van der Waals surface area contributed by atoms with Crippen LogP contribution in [0.3, 0.4) is 0 Å². The first-order chi connectivity index (χ1) is 7.24. The molecule has 0 atom stereocenters. The van der Waals surface area contributed by atoms with Gasteiger partial charge in [0.25, 0.3) is 0 Å². The van der Waals surface area contributed by atoms with E-state index in [-0.39, 0.29) is 11.6 Å². The Balaban J connectivity index is 2.33. The molecule has 0 unspecified atom stereocenters. The molecular weight excluding hydrogens is 238 g/mol. The third-order valence-corrected chi connectivity index (χ3v) is 3.31. The highest BCUT2D eigenvalue weighted by Crippen LogP contribution is 2.23. The van der Waals surface area contributed by atoms with Crippen molar-refractivity contribution in [3.05, 3.63) is 29.8 Å². The number of thioether (sulfide) groups is 1. The van der Waals surface area contributed by atoms with Gasteiger partial charge >= 0.3 is 0 Å². The van der Waals surface area contributed by atoms with Crippen LogP contribution in [0, 0.1) is 11.6 Å². The summed E-state index contributed by atoms with van der Waals surface area (Å²) < 4.78 is 25.9. The highest BCUT2D eigenvalue weighted by molar-refractivity contribution is 7.99. The standard InChI is InChI=1S/C11H13ClF2S/c12-6-2-1-3-7-15-11-8-9(13)4-5-10(11)14/h4-5,8H,1-3,6-7H2. The topological polar surface area (TPSA) is 0 Å². The molecule has 0 spiro atoms. The lowest BCUT2D eigenvalue weighted by molar-refractivity contribution is 0.577. The minimum Gasteiger partial charge on any atom is -0.207 e. The van der Waals surface area contributed by atoms with Crippen molar-refractivity contribution in [3.63, 3.8) is 0 Å². The molecule has 1 rings (SSSR count). The van der Waals surface area contributed by atoms with Gasteiger partial charge in [-0.05, 0) is 36.8 Å². The SMILES string of the molecule is Fc1ccc(F)c(SCCCCCCl)c1. The van der Waals surface area contributed by atoms with Gasteiger partial charge in [0, 0.05) is 10.8 Å². The Morgan fingerprint density at radius 2 is 1.93 bits per heavy atom. The molecular formula is C11H13ClF2S. The van der Waals surface area contributed by atoms with Gasteiger partial charge in [0.15, 0.2) is 0 Å². The summed E-state index contributed by atoms with van der Waals surface area (Å²) in [5, 5.41) is 0. The maximum absolute atomic E-state index is 13.1. The average molecular weight is 251 g/mol. The Kier molecular flexibility index (Phi) is 6.03. The fourth-order valence-corrected chi connectivity index (χ4v) is 2.30. The molecule has 0 aliphatic rings. The molecule has 1 aromatic rings. The van der Waals surface area contributed by atoms with Gasteiger partial charge in [0.1, 0.15) is 11.6 Å². The highest BCUT2D eigenvalue weighted by atomic mass is 35.5. The van der Waals surface area contributed by atoms with Crippen molar-refractivity contribution in [3.8, 4) is 0 Å². The zero-order valence-electron chi connectivity index (χ0n) is 8.31. The van der Waals surface area contributed by atoms with E-state index in [1.807, 2.05) is 0 Å². The van der Waals surface area contributed by atoms with Crippen LogP contribution in [0.15, 0.2) is 23.1 Å². The Morgan fingerprint density at radius 3 is 2.67 bits per heavy atom. The van der Waals surface area contributed by atoms with Gasteiger partial charge in [-0.25, -0.2) is 8.78 Å². The summed E-state index contributed by atoms with van der Waals surface area (Å²) in [6.07, 6.45) is 2.99. The molecule has 0 N–H and O–H groups in total. The zero-order valence-corrected chi connectivity index (χ0v) is 9.88. The molecule has 4 heteroatoms. The lowest BCUT2D eigenvalue weighted by Gasteiger charge is -2.02. The minimum atomic E-state index is -0.389. The zero-order chi connectivity index (χ0) is 11.1. The Labute approximate surface area is 98.0 Å². The van der Waals surface area contributed by atoms with E-state index < -0.39 is 0 Å². The van der Waals surface area contributed by atoms with Crippen molar-refractivity contribution < 1.29 is 8.78 Å². The number of benzene rings is 1. The fourth-order valence-electron chi connectivity index (χ4n) is 1.14. The molecule has 0 amide bonds. The molecule has 0 saturated carbocycles. The normalized spacial score (nSPS) is 10.6. The third-order valence-electron chi connectivity index (χ3n) is 1.93. The quantitative estimate of drug-likeness (QED) is 0.408. The Bertz CT molecular complexity index is 305. The predicted octanol–water partition coefficient (Wildman–Crippen LogP) is 4.47. The van der Waals surface area contributed by atoms with E-state index in [1.54, 1.807) is 0 Å². The van der Waals surface area contributed by atoms with E-state index in [0.717, 1.165) is 37.1 Å². The number of unbranched alkanes of at least 4 members (excludes halogenated alkanes) is 2. The van der Waals surface area contributed by atoms with Crippen LogP contribution in [0.2, 0.25) is 0 Å². The minimum absolute atomic E-state index is 0.348. The monoisotopic (exact) mass is 250 g/mol. The van der Waals surface area contributed by atoms with Crippen LogP contribution in [-0.4, -0.2) is 11.6 Å². The predicted molar refractivity (Wildman–Crippen MR) is 61.7 cm³/mol. The molecule has 1 aromatic carbocycles. The summed E-state index contributed by atoms with van der Waals surface area (Å²) in [5.41, 5.74) is 0. The lowest BCUT2D eigenvalue weighted by Crippen LogP contribution is -1.87. The second kappa shape index (κ2) is 7.07. The fraction of sp³-hybridized carbons (Fsp3) is 0.455. The summed E-state index contributed by atoms with van der Waals surface area (Å²) in [7, 11) is 0. The highest BCUT2D eigenvalue weighted by Gasteiger charge is 2.03. The van der Waals surface area contributed by atoms with Crippen molar-refractivity contribution in [1.29, 1.82) is 0 Å². The van der Waals surface area contributed by atoms with Crippen LogP contribution < -0.4 is 0 Å². The first-order valence-corrected chi connectivity index (χ1v) is 6.40. The molecule has 0 fully saturated rings. The molecule has 84 valence electrons. The van der Waals surface area contributed by atoms with Crippen molar-refractivity contribution >= 4 is 23.4 Å². The number of hydrogen-bond acceptors (Lipinski definition) is 1. The van der Waals surface area contributed by atoms with Gasteiger partial charge in [-0.2, -0.15) is 0 Å². The number of alkyl halides is 1. The molecule has 15 heavy (non-hydrogen) atoms. The Hall–Kier alpha value is -0.280. The van der Waals surface area contributed by atoms with Gasteiger partial charge in [0.05, 0.1) is 0 Å². The van der Waals surface area contributed by atoms with Crippen molar-refractivity contribution in [2.75, 3.05) is 11.6 Å². The molecule has 0 heterocycles. The molecule has 0 aliphatic carbocycles. The van der Waals surface area contributed by atoms with Crippen LogP contribution in [0.4, 0.5) is 8.78 Å². The van der Waals surface area contributed by atoms with Crippen LogP contribution in [0.25, 0.3) is 0 Å². The van der Waals surface area contributed by atoms with Gasteiger partial charge in [0.2, 0.25) is 0 Å². The van der Waals surface area contributed by atoms with E-state index in [4.69, 9.17) is 11.6 Å². The molecule has 0 radical (unpaired) electrons. The summed E-state index contributed by atoms with van der Waals surface area (Å²) in [6.45, 7) is 0. The van der Waals surface area contributed by atoms with Gasteiger partial charge in [-0.3, -0.25) is 0 Å². The van der Waals surface area contributed by atoms with Crippen LogP contribution in [-0.2, 0) is 0 Å². The van der Waals surface area contributed by atoms with E-state index >= 15 is 0 Å². The van der Waals surface area contributed by atoms with Gasteiger partial charge in [-0.15, -0.1) is 23.4 Å². The maximum Gasteiger partial charge on any atom is 0.136 e. The van der Waals surface area contributed by atoms with Crippen LogP contribution >= 0.6 is 23.4 Å². The lowest BCUT2D eigenvalue weighted by atomic mass is 10.3. The van der Waals surface area contributed by atoms with Gasteiger partial charge in [-0.1, -0.05) is 6.42 Å².